The van der Waals surface area contributed by atoms with Crippen LogP contribution in [0.25, 0.3) is 10.4 Å². The van der Waals surface area contributed by atoms with Crippen molar-refractivity contribution >= 4 is 17.9 Å². The van der Waals surface area contributed by atoms with E-state index < -0.39 is 58.7 Å². The number of rotatable bonds is 5. The van der Waals surface area contributed by atoms with Gasteiger partial charge in [-0.3, -0.25) is 14.4 Å². The molecule has 1 saturated heterocycles. The second-order valence-corrected chi connectivity index (χ2v) is 10.7. The van der Waals surface area contributed by atoms with Crippen molar-refractivity contribution in [3.63, 3.8) is 0 Å². The lowest BCUT2D eigenvalue weighted by Gasteiger charge is -2.40. The van der Waals surface area contributed by atoms with Crippen LogP contribution in [0.2, 0.25) is 0 Å². The van der Waals surface area contributed by atoms with Crippen molar-refractivity contribution in [3.05, 3.63) is 10.4 Å². The standard InChI is InChI=1S/C21H35N3O7/c1-19(2,3)16(25)28-11-13-15(31-18(27)21(7,8)9)12(10-14(29-13)23-24-22)30-17(26)20(4,5)6/h12-15H,10-11H2,1-9H3/t12-,13?,14?,15-/m0/s1. The van der Waals surface area contributed by atoms with Crippen LogP contribution in [0, 0.1) is 16.2 Å². The maximum atomic E-state index is 12.6. The van der Waals surface area contributed by atoms with Crippen molar-refractivity contribution in [1.82, 2.24) is 0 Å². The van der Waals surface area contributed by atoms with Crippen molar-refractivity contribution < 1.29 is 33.3 Å². The zero-order chi connectivity index (χ0) is 24.2. The van der Waals surface area contributed by atoms with Gasteiger partial charge in [0.1, 0.15) is 25.0 Å². The average molecular weight is 442 g/mol. The number of azide groups is 1. The van der Waals surface area contributed by atoms with Gasteiger partial charge in [-0.2, -0.15) is 0 Å². The summed E-state index contributed by atoms with van der Waals surface area (Å²) in [6.07, 6.45) is -3.96. The number of ether oxygens (including phenoxy) is 4. The minimum atomic E-state index is -1.05. The fourth-order valence-corrected chi connectivity index (χ4v) is 2.43. The zero-order valence-electron chi connectivity index (χ0n) is 19.9. The van der Waals surface area contributed by atoms with E-state index in [2.05, 4.69) is 10.0 Å². The molecule has 0 N–H and O–H groups in total. The van der Waals surface area contributed by atoms with Gasteiger partial charge in [0.05, 0.1) is 16.2 Å². The number of hydrogen-bond acceptors (Lipinski definition) is 8. The number of carbonyl (C=O) groups is 3. The molecule has 0 spiro atoms. The molecule has 0 aliphatic carbocycles. The number of hydrogen-bond donors (Lipinski definition) is 0. The van der Waals surface area contributed by atoms with Crippen LogP contribution in [-0.4, -0.2) is 49.1 Å². The molecular weight excluding hydrogens is 406 g/mol. The highest BCUT2D eigenvalue weighted by Crippen LogP contribution is 2.31. The Morgan fingerprint density at radius 2 is 1.39 bits per heavy atom. The van der Waals surface area contributed by atoms with E-state index in [0.29, 0.717) is 0 Å². The van der Waals surface area contributed by atoms with Gasteiger partial charge in [-0.15, -0.1) is 0 Å². The van der Waals surface area contributed by atoms with Crippen LogP contribution in [-0.2, 0) is 33.3 Å². The lowest BCUT2D eigenvalue weighted by atomic mass is 9.94. The summed E-state index contributed by atoms with van der Waals surface area (Å²) in [6.45, 7) is 15.0. The summed E-state index contributed by atoms with van der Waals surface area (Å²) in [5.74, 6) is -1.53. The molecular formula is C21H35N3O7. The predicted molar refractivity (Wildman–Crippen MR) is 112 cm³/mol. The fraction of sp³-hybridized carbons (Fsp3) is 0.857. The first-order valence-electron chi connectivity index (χ1n) is 10.3. The molecule has 0 bridgehead atoms. The van der Waals surface area contributed by atoms with E-state index >= 15 is 0 Å². The molecule has 0 amide bonds. The third kappa shape index (κ3) is 8.03. The second kappa shape index (κ2) is 9.87. The quantitative estimate of drug-likeness (QED) is 0.207. The van der Waals surface area contributed by atoms with Gasteiger partial charge in [0.2, 0.25) is 0 Å². The molecule has 10 heteroatoms. The summed E-state index contributed by atoms with van der Waals surface area (Å²) in [7, 11) is 0. The highest BCUT2D eigenvalue weighted by atomic mass is 16.6. The zero-order valence-corrected chi connectivity index (χ0v) is 19.9. The third-order valence-electron chi connectivity index (χ3n) is 4.40. The van der Waals surface area contributed by atoms with Crippen molar-refractivity contribution in [2.45, 2.75) is 93.3 Å². The molecule has 0 aromatic rings. The molecule has 176 valence electrons. The second-order valence-electron chi connectivity index (χ2n) is 10.7. The van der Waals surface area contributed by atoms with Crippen molar-refractivity contribution in [2.24, 2.45) is 21.4 Å². The Balaban J connectivity index is 3.23. The smallest absolute Gasteiger partial charge is 0.311 e. The number of esters is 3. The average Bonchev–Trinajstić information content (AvgIpc) is 2.59. The molecule has 2 unspecified atom stereocenters. The minimum absolute atomic E-state index is 0.00229. The summed E-state index contributed by atoms with van der Waals surface area (Å²) in [4.78, 5) is 40.1. The molecule has 0 radical (unpaired) electrons. The Hall–Kier alpha value is -2.32. The lowest BCUT2D eigenvalue weighted by Crippen LogP contribution is -2.55. The fourth-order valence-electron chi connectivity index (χ4n) is 2.43. The van der Waals surface area contributed by atoms with Crippen molar-refractivity contribution in [1.29, 1.82) is 0 Å². The largest absolute Gasteiger partial charge is 0.462 e. The van der Waals surface area contributed by atoms with Crippen LogP contribution in [0.5, 0.6) is 0 Å². The summed E-state index contributed by atoms with van der Waals surface area (Å²) in [5.41, 5.74) is 6.46. The van der Waals surface area contributed by atoms with Gasteiger partial charge in [-0.1, -0.05) is 5.11 Å². The molecule has 1 aliphatic heterocycles. The number of nitrogens with zero attached hydrogens (tertiary/aromatic N) is 3. The summed E-state index contributed by atoms with van der Waals surface area (Å²) in [6, 6.07) is 0. The van der Waals surface area contributed by atoms with Crippen molar-refractivity contribution in [3.8, 4) is 0 Å². The summed E-state index contributed by atoms with van der Waals surface area (Å²) in [5, 5.41) is 3.58. The van der Waals surface area contributed by atoms with Gasteiger partial charge < -0.3 is 18.9 Å². The Morgan fingerprint density at radius 3 is 1.84 bits per heavy atom. The van der Waals surface area contributed by atoms with Crippen molar-refractivity contribution in [2.75, 3.05) is 6.61 Å². The molecule has 1 heterocycles. The van der Waals surface area contributed by atoms with Crippen LogP contribution < -0.4 is 0 Å². The van der Waals surface area contributed by atoms with E-state index in [1.807, 2.05) is 0 Å². The highest BCUT2D eigenvalue weighted by molar-refractivity contribution is 5.77. The van der Waals surface area contributed by atoms with Gasteiger partial charge in [0.25, 0.3) is 0 Å². The lowest BCUT2D eigenvalue weighted by molar-refractivity contribution is -0.223. The molecule has 31 heavy (non-hydrogen) atoms. The molecule has 1 aliphatic rings. The van der Waals surface area contributed by atoms with Gasteiger partial charge in [0, 0.05) is 11.3 Å². The molecule has 1 fully saturated rings. The highest BCUT2D eigenvalue weighted by Gasteiger charge is 2.46. The van der Waals surface area contributed by atoms with E-state index in [0.717, 1.165) is 0 Å². The first-order chi connectivity index (χ1) is 14.0. The third-order valence-corrected chi connectivity index (χ3v) is 4.40. The monoisotopic (exact) mass is 441 g/mol. The SMILES string of the molecule is CC(C)(C)C(=O)OCC1OC(N=[N+]=[N-])C[C@H](OC(=O)C(C)(C)C)[C@@H]1OC(=O)C(C)(C)C. The minimum Gasteiger partial charge on any atom is -0.462 e. The Labute approximate surface area is 183 Å². The van der Waals surface area contributed by atoms with Gasteiger partial charge >= 0.3 is 17.9 Å². The normalized spacial score (nSPS) is 24.5. The Kier molecular flexibility index (Phi) is 8.51. The first-order valence-corrected chi connectivity index (χ1v) is 10.3. The number of carbonyl (C=O) groups excluding carboxylic acids is 3. The van der Waals surface area contributed by atoms with Gasteiger partial charge in [-0.25, -0.2) is 0 Å². The molecule has 10 nitrogen and oxygen atoms in total. The van der Waals surface area contributed by atoms with E-state index in [4.69, 9.17) is 24.5 Å². The van der Waals surface area contributed by atoms with Crippen LogP contribution in [0.15, 0.2) is 5.11 Å². The summed E-state index contributed by atoms with van der Waals surface area (Å²) >= 11 is 0. The molecule has 0 aromatic carbocycles. The molecule has 0 saturated carbocycles. The predicted octanol–water partition coefficient (Wildman–Crippen LogP) is 3.92. The topological polar surface area (TPSA) is 137 Å². The van der Waals surface area contributed by atoms with E-state index in [1.54, 1.807) is 62.3 Å². The maximum absolute atomic E-state index is 12.6. The Bertz CT molecular complexity index is 725. The maximum Gasteiger partial charge on any atom is 0.311 e. The van der Waals surface area contributed by atoms with Gasteiger partial charge in [-0.05, 0) is 67.8 Å². The van der Waals surface area contributed by atoms with E-state index in [9.17, 15) is 14.4 Å². The van der Waals surface area contributed by atoms with E-state index in [1.165, 1.54) is 0 Å². The first kappa shape index (κ1) is 26.7. The van der Waals surface area contributed by atoms with Crippen LogP contribution in [0.1, 0.15) is 68.7 Å². The van der Waals surface area contributed by atoms with Gasteiger partial charge in [0.15, 0.2) is 6.10 Å². The van der Waals surface area contributed by atoms with E-state index in [-0.39, 0.29) is 13.0 Å². The summed E-state index contributed by atoms with van der Waals surface area (Å²) < 4.78 is 22.4. The molecule has 1 rings (SSSR count). The Morgan fingerprint density at radius 1 is 0.903 bits per heavy atom. The molecule has 0 aromatic heterocycles. The van der Waals surface area contributed by atoms with Crippen LogP contribution in [0.3, 0.4) is 0 Å². The molecule has 4 atom stereocenters. The van der Waals surface area contributed by atoms with Crippen LogP contribution >= 0.6 is 0 Å². The van der Waals surface area contributed by atoms with Crippen LogP contribution in [0.4, 0.5) is 0 Å².